The van der Waals surface area contributed by atoms with Crippen molar-refractivity contribution in [3.63, 3.8) is 0 Å². The van der Waals surface area contributed by atoms with E-state index in [4.69, 9.17) is 0 Å². The highest BCUT2D eigenvalue weighted by Crippen LogP contribution is 2.35. The van der Waals surface area contributed by atoms with Crippen LogP contribution in [0.15, 0.2) is 0 Å². The number of unbranched alkanes of at least 4 members (excludes halogenated alkanes) is 18. The summed E-state index contributed by atoms with van der Waals surface area (Å²) in [4.78, 5) is 3.08. The molecular weight excluding hydrogens is 422 g/mol. The predicted octanol–water partition coefficient (Wildman–Crippen LogP) is 12.3. The minimum atomic E-state index is 0.488. The van der Waals surface area contributed by atoms with Gasteiger partial charge in [-0.1, -0.05) is 169 Å². The summed E-state index contributed by atoms with van der Waals surface area (Å²) in [6.45, 7) is 14.5. The van der Waals surface area contributed by atoms with E-state index in [1.807, 2.05) is 0 Å². The lowest BCUT2D eigenvalue weighted by atomic mass is 9.80. The third kappa shape index (κ3) is 19.7. The van der Waals surface area contributed by atoms with Gasteiger partial charge in [0, 0.05) is 5.54 Å². The first kappa shape index (κ1) is 35.0. The van der Waals surface area contributed by atoms with Crippen LogP contribution in [0.4, 0.5) is 0 Å². The lowest BCUT2D eigenvalue weighted by Crippen LogP contribution is -2.50. The van der Waals surface area contributed by atoms with E-state index in [9.17, 15) is 0 Å². The molecule has 0 N–H and O–H groups in total. The second-order valence-electron chi connectivity index (χ2n) is 11.8. The van der Waals surface area contributed by atoms with E-state index in [0.29, 0.717) is 5.54 Å². The molecule has 0 atom stereocenters. The van der Waals surface area contributed by atoms with Crippen molar-refractivity contribution >= 4 is 0 Å². The summed E-state index contributed by atoms with van der Waals surface area (Å²) in [7, 11) is 0. The summed E-state index contributed by atoms with van der Waals surface area (Å²) in [5.41, 5.74) is 0.488. The minimum absolute atomic E-state index is 0.488. The first-order chi connectivity index (χ1) is 17.2. The van der Waals surface area contributed by atoms with E-state index in [-0.39, 0.29) is 0 Å². The molecule has 0 radical (unpaired) electrons. The Morgan fingerprint density at radius 3 is 0.971 bits per heavy atom. The van der Waals surface area contributed by atoms with E-state index < -0.39 is 0 Å². The Morgan fingerprint density at radius 1 is 0.314 bits per heavy atom. The number of hydrogen-bond donors (Lipinski definition) is 0. The fourth-order valence-corrected chi connectivity index (χ4v) is 6.02. The van der Waals surface area contributed by atoms with E-state index in [1.54, 1.807) is 0 Å². The molecule has 0 amide bonds. The van der Waals surface area contributed by atoms with Crippen molar-refractivity contribution in [2.75, 3.05) is 13.1 Å². The van der Waals surface area contributed by atoms with Crippen LogP contribution in [0.3, 0.4) is 0 Å². The van der Waals surface area contributed by atoms with Gasteiger partial charge in [-0.15, -0.1) is 0 Å². The molecule has 0 aromatic heterocycles. The van der Waals surface area contributed by atoms with Crippen molar-refractivity contribution in [3.05, 3.63) is 0 Å². The summed E-state index contributed by atoms with van der Waals surface area (Å²) in [5, 5.41) is 0. The topological polar surface area (TPSA) is 3.24 Å². The van der Waals surface area contributed by atoms with Gasteiger partial charge in [0.2, 0.25) is 0 Å². The van der Waals surface area contributed by atoms with Gasteiger partial charge in [0.1, 0.15) is 0 Å². The minimum Gasteiger partial charge on any atom is -0.298 e. The van der Waals surface area contributed by atoms with Crippen molar-refractivity contribution in [2.45, 2.75) is 207 Å². The van der Waals surface area contributed by atoms with Crippen LogP contribution in [0.5, 0.6) is 0 Å². The molecule has 0 heterocycles. The molecule has 0 aliphatic carbocycles. The molecule has 0 aromatic rings. The monoisotopic (exact) mass is 494 g/mol. The lowest BCUT2D eigenvalue weighted by molar-refractivity contribution is 0.0495. The zero-order chi connectivity index (χ0) is 25.9. The third-order valence-corrected chi connectivity index (χ3v) is 8.47. The summed E-state index contributed by atoms with van der Waals surface area (Å²) < 4.78 is 0. The molecular formula is C34H71N. The highest BCUT2D eigenvalue weighted by Gasteiger charge is 2.34. The molecule has 1 heteroatoms. The summed E-state index contributed by atoms with van der Waals surface area (Å²) in [6, 6.07) is 0. The van der Waals surface area contributed by atoms with Crippen LogP contribution in [0.2, 0.25) is 0 Å². The maximum absolute atomic E-state index is 3.08. The fraction of sp³-hybridized carbons (Fsp3) is 1.00. The molecule has 0 unspecified atom stereocenters. The van der Waals surface area contributed by atoms with E-state index in [2.05, 4.69) is 39.5 Å². The number of nitrogens with zero attached hydrogens (tertiary/aromatic N) is 1. The van der Waals surface area contributed by atoms with Gasteiger partial charge >= 0.3 is 0 Å². The first-order valence-corrected chi connectivity index (χ1v) is 17.0. The number of rotatable bonds is 29. The van der Waals surface area contributed by atoms with Crippen LogP contribution in [-0.4, -0.2) is 23.5 Å². The van der Waals surface area contributed by atoms with Crippen molar-refractivity contribution in [3.8, 4) is 0 Å². The van der Waals surface area contributed by atoms with Crippen LogP contribution < -0.4 is 0 Å². The zero-order valence-corrected chi connectivity index (χ0v) is 25.7. The lowest BCUT2D eigenvalue weighted by Gasteiger charge is -2.46. The average molecular weight is 494 g/mol. The first-order valence-electron chi connectivity index (χ1n) is 17.0. The fourth-order valence-electron chi connectivity index (χ4n) is 6.02. The second kappa shape index (κ2) is 27.0. The summed E-state index contributed by atoms with van der Waals surface area (Å²) in [6.07, 6.45) is 37.1. The van der Waals surface area contributed by atoms with Gasteiger partial charge in [0.25, 0.3) is 0 Å². The van der Waals surface area contributed by atoms with Crippen molar-refractivity contribution in [1.82, 2.24) is 4.90 Å². The highest BCUT2D eigenvalue weighted by atomic mass is 15.2. The maximum Gasteiger partial charge on any atom is 0.0209 e. The van der Waals surface area contributed by atoms with Crippen LogP contribution in [0, 0.1) is 0 Å². The molecule has 212 valence electrons. The Kier molecular flexibility index (Phi) is 27.0. The third-order valence-electron chi connectivity index (χ3n) is 8.47. The van der Waals surface area contributed by atoms with Crippen molar-refractivity contribution in [1.29, 1.82) is 0 Å². The van der Waals surface area contributed by atoms with E-state index >= 15 is 0 Å². The van der Waals surface area contributed by atoms with Crippen LogP contribution >= 0.6 is 0 Å². The smallest absolute Gasteiger partial charge is 0.0209 e. The van der Waals surface area contributed by atoms with Gasteiger partial charge in [-0.2, -0.15) is 0 Å². The van der Waals surface area contributed by atoms with E-state index in [1.165, 1.54) is 180 Å². The van der Waals surface area contributed by atoms with Crippen molar-refractivity contribution < 1.29 is 0 Å². The molecule has 1 nitrogen and oxygen atoms in total. The van der Waals surface area contributed by atoms with Gasteiger partial charge in [-0.3, -0.25) is 4.90 Å². The average Bonchev–Trinajstić information content (AvgIpc) is 2.87. The van der Waals surface area contributed by atoms with Gasteiger partial charge in [0.15, 0.2) is 0 Å². The number of hydrogen-bond acceptors (Lipinski definition) is 1. The van der Waals surface area contributed by atoms with Crippen LogP contribution in [0.25, 0.3) is 0 Å². The Morgan fingerprint density at radius 2 is 0.600 bits per heavy atom. The van der Waals surface area contributed by atoms with Gasteiger partial charge < -0.3 is 0 Å². The molecule has 0 saturated carbocycles. The predicted molar refractivity (Wildman–Crippen MR) is 163 cm³/mol. The molecule has 0 rings (SSSR count). The summed E-state index contributed by atoms with van der Waals surface area (Å²) >= 11 is 0. The molecule has 0 aliphatic rings. The Balaban J connectivity index is 5.16. The van der Waals surface area contributed by atoms with Gasteiger partial charge in [0.05, 0.1) is 0 Å². The quantitative estimate of drug-likeness (QED) is 0.0936. The molecule has 0 spiro atoms. The molecule has 35 heavy (non-hydrogen) atoms. The van der Waals surface area contributed by atoms with Crippen LogP contribution in [0.1, 0.15) is 202 Å². The SMILES string of the molecule is CCCCCCCCCC(CCCC)(CCCC)N(CCCCCCCC)CCCCCCCC. The highest BCUT2D eigenvalue weighted by molar-refractivity contribution is 4.91. The van der Waals surface area contributed by atoms with Crippen molar-refractivity contribution in [2.24, 2.45) is 0 Å². The molecule has 0 saturated heterocycles. The Labute approximate surface area is 225 Å². The van der Waals surface area contributed by atoms with E-state index in [0.717, 1.165) is 0 Å². The Hall–Kier alpha value is -0.0400. The van der Waals surface area contributed by atoms with Crippen LogP contribution in [-0.2, 0) is 0 Å². The maximum atomic E-state index is 3.08. The van der Waals surface area contributed by atoms with Gasteiger partial charge in [-0.25, -0.2) is 0 Å². The zero-order valence-electron chi connectivity index (χ0n) is 25.7. The standard InChI is InChI=1S/C34H71N/c1-6-11-16-19-22-23-26-31-34(29-14-9-4,30-15-10-5)35(32-27-24-20-17-12-7-2)33-28-25-21-18-13-8-3/h6-33H2,1-5H3. The largest absolute Gasteiger partial charge is 0.298 e. The van der Waals surface area contributed by atoms with Gasteiger partial charge in [-0.05, 0) is 45.2 Å². The molecule has 0 bridgehead atoms. The Bertz CT molecular complexity index is 366. The molecule has 0 aliphatic heterocycles. The molecule has 0 aromatic carbocycles. The summed E-state index contributed by atoms with van der Waals surface area (Å²) in [5.74, 6) is 0. The normalized spacial score (nSPS) is 12.2. The second-order valence-corrected chi connectivity index (χ2v) is 11.8. The molecule has 0 fully saturated rings.